The molecule has 0 saturated carbocycles. The third kappa shape index (κ3) is 13.6. The zero-order valence-electron chi connectivity index (χ0n) is 25.0. The van der Waals surface area contributed by atoms with Crippen molar-refractivity contribution in [1.29, 1.82) is 0 Å². The van der Waals surface area contributed by atoms with Crippen LogP contribution >= 0.6 is 11.6 Å². The minimum absolute atomic E-state index is 0.182. The molecule has 6 nitrogen and oxygen atoms in total. The average Bonchev–Trinajstić information content (AvgIpc) is 2.94. The van der Waals surface area contributed by atoms with Gasteiger partial charge in [-0.05, 0) is 18.6 Å². The van der Waals surface area contributed by atoms with Gasteiger partial charge in [0.15, 0.2) is 12.8 Å². The molecule has 40 heavy (non-hydrogen) atoms. The van der Waals surface area contributed by atoms with Crippen molar-refractivity contribution in [1.82, 2.24) is 4.90 Å². The highest BCUT2D eigenvalue weighted by molar-refractivity contribution is 6.32. The number of ether oxygens (including phenoxy) is 2. The first-order valence-corrected chi connectivity index (χ1v) is 15.6. The van der Waals surface area contributed by atoms with Gasteiger partial charge in [0.25, 0.3) is 5.91 Å². The third-order valence-corrected chi connectivity index (χ3v) is 7.48. The lowest BCUT2D eigenvalue weighted by molar-refractivity contribution is -0.679. The van der Waals surface area contributed by atoms with Crippen LogP contribution in [0.4, 0.5) is 0 Å². The predicted molar refractivity (Wildman–Crippen MR) is 162 cm³/mol. The van der Waals surface area contributed by atoms with Gasteiger partial charge < -0.3 is 9.47 Å². The fourth-order valence-corrected chi connectivity index (χ4v) is 4.88. The number of carbonyl (C=O) groups is 2. The van der Waals surface area contributed by atoms with Gasteiger partial charge in [-0.15, -0.1) is 0 Å². The Bertz CT molecular complexity index is 1010. The van der Waals surface area contributed by atoms with Crippen molar-refractivity contribution in [2.24, 2.45) is 7.05 Å². The summed E-state index contributed by atoms with van der Waals surface area (Å²) in [5.41, 5.74) is 0.842. The average molecular weight is 574 g/mol. The van der Waals surface area contributed by atoms with E-state index in [1.165, 1.54) is 88.9 Å². The lowest BCUT2D eigenvalue weighted by Crippen LogP contribution is -2.42. The van der Waals surface area contributed by atoms with E-state index in [-0.39, 0.29) is 19.1 Å². The first kappa shape index (κ1) is 33.6. The number of hydrogen-bond acceptors (Lipinski definition) is 4. The van der Waals surface area contributed by atoms with Crippen LogP contribution in [0, 0.1) is 0 Å². The van der Waals surface area contributed by atoms with Crippen LogP contribution in [0.1, 0.15) is 109 Å². The number of carbonyl (C=O) groups excluding carboxylic acids is 2. The van der Waals surface area contributed by atoms with E-state index in [0.29, 0.717) is 23.1 Å². The largest absolute Gasteiger partial charge is 0.492 e. The summed E-state index contributed by atoms with van der Waals surface area (Å²) in [5, 5.41) is 0.440. The maximum atomic E-state index is 12.7. The van der Waals surface area contributed by atoms with E-state index in [9.17, 15) is 9.59 Å². The minimum atomic E-state index is -0.411. The maximum Gasteiger partial charge on any atom is 0.267 e. The number of imide groups is 1. The number of aromatic nitrogens is 1. The standard InChI is InChI=1S/C33H50ClN2O4/c1-4-5-6-7-8-9-10-11-12-13-14-15-16-19-24-39-32-22-21-30(25-31(32)34)40-27-33(38)36(28(2)37)26-29-20-17-18-23-35(29)3/h17-18,20-23,25H,4-16,19,24,26-27H2,1-3H3/q+1. The number of benzene rings is 1. The van der Waals surface area contributed by atoms with Crippen LogP contribution in [0.3, 0.4) is 0 Å². The monoisotopic (exact) mass is 573 g/mol. The first-order chi connectivity index (χ1) is 19.4. The van der Waals surface area contributed by atoms with Gasteiger partial charge in [0, 0.05) is 25.1 Å². The molecule has 2 amide bonds. The lowest BCUT2D eigenvalue weighted by Gasteiger charge is -2.18. The summed E-state index contributed by atoms with van der Waals surface area (Å²) in [6, 6.07) is 10.8. The van der Waals surface area contributed by atoms with Crippen molar-refractivity contribution < 1.29 is 23.6 Å². The van der Waals surface area contributed by atoms with Gasteiger partial charge in [-0.25, -0.2) is 4.57 Å². The topological polar surface area (TPSA) is 59.7 Å². The maximum absolute atomic E-state index is 12.7. The second-order valence-electron chi connectivity index (χ2n) is 10.6. The second kappa shape index (κ2) is 20.3. The van der Waals surface area contributed by atoms with Crippen LogP contribution < -0.4 is 14.0 Å². The van der Waals surface area contributed by atoms with Crippen molar-refractivity contribution in [2.75, 3.05) is 13.2 Å². The van der Waals surface area contributed by atoms with Crippen LogP contribution in [-0.4, -0.2) is 29.9 Å². The van der Waals surface area contributed by atoms with Crippen molar-refractivity contribution in [3.63, 3.8) is 0 Å². The Balaban J connectivity index is 1.59. The number of nitrogens with zero attached hydrogens (tertiary/aromatic N) is 2. The van der Waals surface area contributed by atoms with Gasteiger partial charge in [0.05, 0.1) is 11.6 Å². The summed E-state index contributed by atoms with van der Waals surface area (Å²) >= 11 is 6.39. The zero-order chi connectivity index (χ0) is 29.0. The highest BCUT2D eigenvalue weighted by Gasteiger charge is 2.22. The number of amides is 2. The van der Waals surface area contributed by atoms with Gasteiger partial charge in [-0.1, -0.05) is 108 Å². The van der Waals surface area contributed by atoms with E-state index in [2.05, 4.69) is 6.92 Å². The molecule has 0 saturated heterocycles. The molecular weight excluding hydrogens is 524 g/mol. The quantitative estimate of drug-likeness (QED) is 0.112. The van der Waals surface area contributed by atoms with Crippen LogP contribution in [0.25, 0.3) is 0 Å². The molecule has 1 aromatic heterocycles. The molecular formula is C33H50ClN2O4+. The molecule has 0 aliphatic carbocycles. The summed E-state index contributed by atoms with van der Waals surface area (Å²) in [4.78, 5) is 26.0. The Kier molecular flexibility index (Phi) is 17.1. The molecule has 0 aliphatic heterocycles. The van der Waals surface area contributed by atoms with E-state index < -0.39 is 5.91 Å². The Morgan fingerprint density at radius 3 is 1.98 bits per heavy atom. The molecule has 222 valence electrons. The van der Waals surface area contributed by atoms with Crippen LogP contribution in [0.2, 0.25) is 5.02 Å². The highest BCUT2D eigenvalue weighted by Crippen LogP contribution is 2.29. The van der Waals surface area contributed by atoms with Gasteiger partial charge in [0.1, 0.15) is 25.1 Å². The van der Waals surface area contributed by atoms with E-state index in [1.807, 2.05) is 36.0 Å². The van der Waals surface area contributed by atoms with E-state index in [0.717, 1.165) is 18.5 Å². The number of aryl methyl sites for hydroxylation is 1. The normalized spacial score (nSPS) is 10.9. The molecule has 0 N–H and O–H groups in total. The molecule has 2 aromatic rings. The smallest absolute Gasteiger partial charge is 0.267 e. The van der Waals surface area contributed by atoms with Crippen molar-refractivity contribution >= 4 is 23.4 Å². The number of pyridine rings is 1. The van der Waals surface area contributed by atoms with Crippen LogP contribution in [0.15, 0.2) is 42.6 Å². The zero-order valence-corrected chi connectivity index (χ0v) is 25.7. The van der Waals surface area contributed by atoms with Crippen LogP contribution in [-0.2, 0) is 23.2 Å². The van der Waals surface area contributed by atoms with E-state index in [1.54, 1.807) is 18.2 Å². The summed E-state index contributed by atoms with van der Waals surface area (Å²) in [6.07, 6.45) is 20.4. The van der Waals surface area contributed by atoms with Crippen molar-refractivity contribution in [2.45, 2.75) is 110 Å². The number of unbranched alkanes of at least 4 members (excludes halogenated alkanes) is 13. The van der Waals surface area contributed by atoms with Gasteiger partial charge >= 0.3 is 0 Å². The number of halogens is 1. The summed E-state index contributed by atoms with van der Waals surface area (Å²) in [7, 11) is 1.87. The Labute approximate surface area is 247 Å². The fourth-order valence-electron chi connectivity index (χ4n) is 4.65. The molecule has 0 atom stereocenters. The first-order valence-electron chi connectivity index (χ1n) is 15.2. The molecule has 0 spiro atoms. The fraction of sp³-hybridized carbons (Fsp3) is 0.606. The second-order valence-corrected chi connectivity index (χ2v) is 11.0. The number of hydrogen-bond donors (Lipinski definition) is 0. The van der Waals surface area contributed by atoms with Crippen LogP contribution in [0.5, 0.6) is 11.5 Å². The van der Waals surface area contributed by atoms with Gasteiger partial charge in [-0.3, -0.25) is 14.5 Å². The Morgan fingerprint density at radius 2 is 1.43 bits per heavy atom. The summed E-state index contributed by atoms with van der Waals surface area (Å²) in [6.45, 7) is 4.20. The summed E-state index contributed by atoms with van der Waals surface area (Å²) in [5.74, 6) is 0.321. The van der Waals surface area contributed by atoms with Gasteiger partial charge in [0.2, 0.25) is 11.6 Å². The highest BCUT2D eigenvalue weighted by atomic mass is 35.5. The lowest BCUT2D eigenvalue weighted by atomic mass is 10.0. The van der Waals surface area contributed by atoms with E-state index in [4.69, 9.17) is 21.1 Å². The molecule has 0 radical (unpaired) electrons. The summed E-state index contributed by atoms with van der Waals surface area (Å²) < 4.78 is 13.4. The molecule has 0 unspecified atom stereocenters. The SMILES string of the molecule is CCCCCCCCCCCCCCCCOc1ccc(OCC(=O)N(Cc2cccc[n+]2C)C(C)=O)cc1Cl. The molecule has 0 aliphatic rings. The Hall–Kier alpha value is -2.60. The minimum Gasteiger partial charge on any atom is -0.492 e. The number of rotatable bonds is 21. The predicted octanol–water partition coefficient (Wildman–Crippen LogP) is 7.98. The molecule has 0 bridgehead atoms. The van der Waals surface area contributed by atoms with Crippen molar-refractivity contribution in [3.8, 4) is 11.5 Å². The molecule has 1 aromatic carbocycles. The van der Waals surface area contributed by atoms with Gasteiger partial charge in [-0.2, -0.15) is 0 Å². The molecule has 7 heteroatoms. The third-order valence-electron chi connectivity index (χ3n) is 7.18. The molecule has 0 fully saturated rings. The molecule has 1 heterocycles. The Morgan fingerprint density at radius 1 is 0.825 bits per heavy atom. The van der Waals surface area contributed by atoms with E-state index >= 15 is 0 Å². The van der Waals surface area contributed by atoms with Crippen molar-refractivity contribution in [3.05, 3.63) is 53.3 Å². The molecule has 2 rings (SSSR count).